The summed E-state index contributed by atoms with van der Waals surface area (Å²) in [7, 11) is -3.58. The minimum Gasteiger partial charge on any atom is -0.506 e. The molecule has 160 valence electrons. The lowest BCUT2D eigenvalue weighted by molar-refractivity contribution is 0.0980. The van der Waals surface area contributed by atoms with Crippen LogP contribution in [0.4, 0.5) is 11.4 Å². The number of hydrogen-bond donors (Lipinski definition) is 2. The van der Waals surface area contributed by atoms with Crippen molar-refractivity contribution in [3.8, 4) is 16.9 Å². The Labute approximate surface area is 190 Å². The van der Waals surface area contributed by atoms with E-state index in [1.54, 1.807) is 23.1 Å². The number of benzene rings is 3. The number of fused-ring (bicyclic) bond motifs is 1. The van der Waals surface area contributed by atoms with Gasteiger partial charge in [-0.3, -0.25) is 9.52 Å². The van der Waals surface area contributed by atoms with Gasteiger partial charge in [-0.25, -0.2) is 8.42 Å². The second kappa shape index (κ2) is 8.07. The first-order valence-electron chi connectivity index (χ1n) is 9.34. The first kappa shape index (κ1) is 21.5. The van der Waals surface area contributed by atoms with Gasteiger partial charge in [0, 0.05) is 23.4 Å². The average molecular weight is 477 g/mol. The Bertz CT molecular complexity index is 1310. The summed E-state index contributed by atoms with van der Waals surface area (Å²) in [5.41, 5.74) is 3.62. The highest BCUT2D eigenvalue weighted by atomic mass is 35.5. The summed E-state index contributed by atoms with van der Waals surface area (Å²) in [6, 6.07) is 15.3. The second-order valence-electron chi connectivity index (χ2n) is 7.26. The Hall–Kier alpha value is -2.74. The molecule has 2 N–H and O–H groups in total. The molecule has 6 nitrogen and oxygen atoms in total. The predicted octanol–water partition coefficient (Wildman–Crippen LogP) is 4.94. The van der Waals surface area contributed by atoms with Crippen molar-refractivity contribution in [3.63, 3.8) is 0 Å². The molecule has 1 amide bonds. The molecule has 1 aliphatic rings. The van der Waals surface area contributed by atoms with Gasteiger partial charge < -0.3 is 10.0 Å². The number of carbonyl (C=O) groups is 1. The zero-order chi connectivity index (χ0) is 22.3. The van der Waals surface area contributed by atoms with E-state index >= 15 is 0 Å². The van der Waals surface area contributed by atoms with Crippen molar-refractivity contribution in [2.24, 2.45) is 0 Å². The molecule has 9 heteroatoms. The maximum atomic E-state index is 13.1. The molecule has 1 aliphatic heterocycles. The minimum atomic E-state index is -3.58. The number of nitrogens with zero attached hydrogens (tertiary/aromatic N) is 1. The summed E-state index contributed by atoms with van der Waals surface area (Å²) in [6.07, 6.45) is 1.59. The molecule has 0 saturated heterocycles. The molecule has 0 saturated carbocycles. The average Bonchev–Trinajstić information content (AvgIpc) is 2.71. The molecule has 0 bridgehead atoms. The molecule has 0 aromatic heterocycles. The number of halogens is 2. The van der Waals surface area contributed by atoms with Gasteiger partial charge in [0.05, 0.1) is 22.0 Å². The van der Waals surface area contributed by atoms with Gasteiger partial charge >= 0.3 is 0 Å². The monoisotopic (exact) mass is 476 g/mol. The van der Waals surface area contributed by atoms with Crippen molar-refractivity contribution in [2.75, 3.05) is 22.4 Å². The van der Waals surface area contributed by atoms with Gasteiger partial charge in [-0.15, -0.1) is 0 Å². The standard InChI is InChI=1S/C22H18Cl2N2O4S/c1-31(29,30)25-19-12-15(6-8-20(19)27)26-10-9-14-11-13(5-7-17(14)22(26)28)16-3-2-4-18(23)21(16)24/h2-8,11-12,25,27H,9-10H2,1H3. The van der Waals surface area contributed by atoms with E-state index in [0.29, 0.717) is 34.3 Å². The Kier molecular flexibility index (Phi) is 5.60. The Morgan fingerprint density at radius 2 is 1.81 bits per heavy atom. The molecule has 4 rings (SSSR count). The lowest BCUT2D eigenvalue weighted by Gasteiger charge is -2.29. The summed E-state index contributed by atoms with van der Waals surface area (Å²) in [6.45, 7) is 0.404. The van der Waals surface area contributed by atoms with Gasteiger partial charge in [0.25, 0.3) is 5.91 Å². The molecular weight excluding hydrogens is 459 g/mol. The minimum absolute atomic E-state index is 0.0181. The predicted molar refractivity (Wildman–Crippen MR) is 124 cm³/mol. The fourth-order valence-electron chi connectivity index (χ4n) is 3.60. The Morgan fingerprint density at radius 3 is 2.55 bits per heavy atom. The van der Waals surface area contributed by atoms with E-state index in [1.807, 2.05) is 24.3 Å². The maximum absolute atomic E-state index is 13.1. The first-order chi connectivity index (χ1) is 14.6. The number of phenols is 1. The highest BCUT2D eigenvalue weighted by Crippen LogP contribution is 2.36. The molecule has 1 heterocycles. The zero-order valence-electron chi connectivity index (χ0n) is 16.4. The number of hydrogen-bond acceptors (Lipinski definition) is 4. The molecule has 0 spiro atoms. The second-order valence-corrected chi connectivity index (χ2v) is 9.79. The molecule has 3 aromatic rings. The SMILES string of the molecule is CS(=O)(=O)Nc1cc(N2CCc3cc(-c4cccc(Cl)c4Cl)ccc3C2=O)ccc1O. The smallest absolute Gasteiger partial charge is 0.258 e. The molecule has 0 atom stereocenters. The summed E-state index contributed by atoms with van der Waals surface area (Å²) >= 11 is 12.5. The first-order valence-corrected chi connectivity index (χ1v) is 12.0. The Morgan fingerprint density at radius 1 is 1.03 bits per heavy atom. The zero-order valence-corrected chi connectivity index (χ0v) is 18.7. The third-order valence-corrected chi connectivity index (χ3v) is 6.44. The van der Waals surface area contributed by atoms with Crippen molar-refractivity contribution >= 4 is 50.5 Å². The molecular formula is C22H18Cl2N2O4S. The van der Waals surface area contributed by atoms with Gasteiger partial charge in [-0.1, -0.05) is 47.5 Å². The molecule has 31 heavy (non-hydrogen) atoms. The van der Waals surface area contributed by atoms with Crippen LogP contribution in [0.25, 0.3) is 11.1 Å². The van der Waals surface area contributed by atoms with Crippen LogP contribution in [0.5, 0.6) is 5.75 Å². The highest BCUT2D eigenvalue weighted by Gasteiger charge is 2.26. The molecule has 0 fully saturated rings. The number of aromatic hydroxyl groups is 1. The van der Waals surface area contributed by atoms with Crippen LogP contribution in [0.15, 0.2) is 54.6 Å². The van der Waals surface area contributed by atoms with Gasteiger partial charge in [0.15, 0.2) is 0 Å². The number of anilines is 2. The normalized spacial score (nSPS) is 13.8. The number of rotatable bonds is 4. The number of sulfonamides is 1. The van der Waals surface area contributed by atoms with E-state index in [2.05, 4.69) is 4.72 Å². The highest BCUT2D eigenvalue weighted by molar-refractivity contribution is 7.92. The summed E-state index contributed by atoms with van der Waals surface area (Å²) in [5, 5.41) is 10.9. The van der Waals surface area contributed by atoms with E-state index in [1.165, 1.54) is 12.1 Å². The van der Waals surface area contributed by atoms with Crippen LogP contribution in [0.3, 0.4) is 0 Å². The van der Waals surface area contributed by atoms with Crippen molar-refractivity contribution in [1.29, 1.82) is 0 Å². The van der Waals surface area contributed by atoms with Crippen molar-refractivity contribution in [1.82, 2.24) is 0 Å². The van der Waals surface area contributed by atoms with Crippen LogP contribution < -0.4 is 9.62 Å². The number of amides is 1. The summed E-state index contributed by atoms with van der Waals surface area (Å²) in [5.74, 6) is -0.428. The van der Waals surface area contributed by atoms with Gasteiger partial charge in [-0.2, -0.15) is 0 Å². The van der Waals surface area contributed by atoms with Gasteiger partial charge in [0.1, 0.15) is 5.75 Å². The Balaban J connectivity index is 1.67. The van der Waals surface area contributed by atoms with E-state index in [9.17, 15) is 18.3 Å². The van der Waals surface area contributed by atoms with Gasteiger partial charge in [-0.05, 0) is 47.9 Å². The van der Waals surface area contributed by atoms with Crippen molar-refractivity contribution in [3.05, 3.63) is 75.8 Å². The number of nitrogens with one attached hydrogen (secondary N) is 1. The van der Waals surface area contributed by atoms with Crippen LogP contribution in [0.2, 0.25) is 10.0 Å². The van der Waals surface area contributed by atoms with Crippen LogP contribution in [-0.2, 0) is 16.4 Å². The third-order valence-electron chi connectivity index (χ3n) is 5.04. The largest absolute Gasteiger partial charge is 0.506 e. The molecule has 3 aromatic carbocycles. The van der Waals surface area contributed by atoms with Crippen LogP contribution in [0, 0.1) is 0 Å². The quantitative estimate of drug-likeness (QED) is 0.522. The number of phenolic OH excluding ortho intramolecular Hbond substituents is 1. The molecule has 0 radical (unpaired) electrons. The van der Waals surface area contributed by atoms with E-state index in [4.69, 9.17) is 23.2 Å². The maximum Gasteiger partial charge on any atom is 0.258 e. The molecule has 0 aliphatic carbocycles. The van der Waals surface area contributed by atoms with Crippen molar-refractivity contribution < 1.29 is 18.3 Å². The van der Waals surface area contributed by atoms with Crippen LogP contribution >= 0.6 is 23.2 Å². The van der Waals surface area contributed by atoms with Crippen LogP contribution in [0.1, 0.15) is 15.9 Å². The molecule has 0 unspecified atom stereocenters. The summed E-state index contributed by atoms with van der Waals surface area (Å²) in [4.78, 5) is 14.7. The lowest BCUT2D eigenvalue weighted by Crippen LogP contribution is -2.37. The topological polar surface area (TPSA) is 86.7 Å². The van der Waals surface area contributed by atoms with Crippen molar-refractivity contribution in [2.45, 2.75) is 6.42 Å². The van der Waals surface area contributed by atoms with E-state index < -0.39 is 10.0 Å². The van der Waals surface area contributed by atoms with Gasteiger partial charge in [0.2, 0.25) is 10.0 Å². The number of carbonyl (C=O) groups excluding carboxylic acids is 1. The fraction of sp³-hybridized carbons (Fsp3) is 0.136. The van der Waals surface area contributed by atoms with E-state index in [-0.39, 0.29) is 17.3 Å². The fourth-order valence-corrected chi connectivity index (χ4v) is 4.58. The third kappa shape index (κ3) is 4.35. The van der Waals surface area contributed by atoms with Crippen LogP contribution in [-0.4, -0.2) is 32.2 Å². The van der Waals surface area contributed by atoms with E-state index in [0.717, 1.165) is 22.9 Å². The summed E-state index contributed by atoms with van der Waals surface area (Å²) < 4.78 is 25.3. The lowest BCUT2D eigenvalue weighted by atomic mass is 9.93.